The third-order valence-corrected chi connectivity index (χ3v) is 5.16. The largest absolute Gasteiger partial charge is 0.511 e. The Kier molecular flexibility index (Phi) is 7.14. The highest BCUT2D eigenvalue weighted by atomic mass is 16.7. The van der Waals surface area contributed by atoms with Crippen LogP contribution >= 0.6 is 0 Å². The predicted molar refractivity (Wildman–Crippen MR) is 120 cm³/mol. The molecule has 0 saturated carbocycles. The third-order valence-electron chi connectivity index (χ3n) is 5.16. The zero-order valence-electron chi connectivity index (χ0n) is 18.1. The Balaban J connectivity index is 1.97. The van der Waals surface area contributed by atoms with Gasteiger partial charge in [0.2, 0.25) is 0 Å². The lowest BCUT2D eigenvalue weighted by Gasteiger charge is -2.10. The molecule has 1 aromatic heterocycles. The normalized spacial score (nSPS) is 10.8. The highest BCUT2D eigenvalue weighted by molar-refractivity contribution is 5.87. The molecule has 0 radical (unpaired) electrons. The molecule has 168 valence electrons. The maximum Gasteiger partial charge on any atom is 0.511 e. The van der Waals surface area contributed by atoms with Crippen molar-refractivity contribution >= 4 is 12.1 Å². The van der Waals surface area contributed by atoms with Crippen LogP contribution in [0.1, 0.15) is 48.4 Å². The number of aromatic nitrogens is 2. The first-order chi connectivity index (χ1) is 15.4. The molecular formula is C24H26N2O6. The molecule has 0 atom stereocenters. The van der Waals surface area contributed by atoms with Gasteiger partial charge in [-0.3, -0.25) is 9.13 Å². The number of benzene rings is 2. The lowest BCUT2D eigenvalue weighted by atomic mass is 10.0. The number of hydrogen-bond donors (Lipinski definition) is 2. The molecule has 0 aliphatic rings. The second-order valence-electron chi connectivity index (χ2n) is 7.43. The SMILES string of the molecule is CCCc1c(C(=O)O)n(CCC)c(=O)n1Cc1ccc(-c2ccccc2OC(=O)O)cc1. The summed E-state index contributed by atoms with van der Waals surface area (Å²) in [6, 6.07) is 14.2. The molecule has 0 spiro atoms. The van der Waals surface area contributed by atoms with Crippen molar-refractivity contribution in [1.82, 2.24) is 9.13 Å². The quantitative estimate of drug-likeness (QED) is 0.376. The summed E-state index contributed by atoms with van der Waals surface area (Å²) in [5.74, 6) is -0.861. The fraction of sp³-hybridized carbons (Fsp3) is 0.292. The van der Waals surface area contributed by atoms with Gasteiger partial charge in [-0.1, -0.05) is 62.7 Å². The number of rotatable bonds is 9. The van der Waals surface area contributed by atoms with Gasteiger partial charge in [-0.25, -0.2) is 14.4 Å². The average Bonchev–Trinajstić information content (AvgIpc) is 3.01. The van der Waals surface area contributed by atoms with Crippen LogP contribution in [0.15, 0.2) is 53.3 Å². The molecule has 2 N–H and O–H groups in total. The number of para-hydroxylation sites is 1. The summed E-state index contributed by atoms with van der Waals surface area (Å²) in [5.41, 5.74) is 2.50. The van der Waals surface area contributed by atoms with E-state index in [1.54, 1.807) is 28.8 Å². The fourth-order valence-electron chi connectivity index (χ4n) is 3.82. The van der Waals surface area contributed by atoms with E-state index in [9.17, 15) is 19.5 Å². The van der Waals surface area contributed by atoms with Gasteiger partial charge in [-0.15, -0.1) is 0 Å². The topological polar surface area (TPSA) is 111 Å². The van der Waals surface area contributed by atoms with Gasteiger partial charge in [0, 0.05) is 12.1 Å². The third kappa shape index (κ3) is 4.74. The van der Waals surface area contributed by atoms with E-state index in [-0.39, 0.29) is 23.7 Å². The van der Waals surface area contributed by atoms with Crippen LogP contribution in [-0.2, 0) is 19.5 Å². The molecule has 0 aliphatic heterocycles. The van der Waals surface area contributed by atoms with Crippen molar-refractivity contribution in [2.24, 2.45) is 0 Å². The molecule has 0 aliphatic carbocycles. The first-order valence-electron chi connectivity index (χ1n) is 10.5. The molecule has 0 fully saturated rings. The van der Waals surface area contributed by atoms with E-state index in [4.69, 9.17) is 9.84 Å². The van der Waals surface area contributed by atoms with Gasteiger partial charge in [-0.05, 0) is 30.0 Å². The van der Waals surface area contributed by atoms with Crippen molar-refractivity contribution in [3.05, 3.63) is 76.0 Å². The second kappa shape index (κ2) is 10.00. The van der Waals surface area contributed by atoms with E-state index in [1.165, 1.54) is 4.57 Å². The zero-order chi connectivity index (χ0) is 23.3. The van der Waals surface area contributed by atoms with Gasteiger partial charge < -0.3 is 14.9 Å². The number of nitrogens with zero attached hydrogens (tertiary/aromatic N) is 2. The summed E-state index contributed by atoms with van der Waals surface area (Å²) in [6.45, 7) is 4.45. The van der Waals surface area contributed by atoms with Crippen LogP contribution in [0.5, 0.6) is 5.75 Å². The highest BCUT2D eigenvalue weighted by Crippen LogP contribution is 2.30. The zero-order valence-corrected chi connectivity index (χ0v) is 18.1. The minimum absolute atomic E-state index is 0.0649. The van der Waals surface area contributed by atoms with Crippen molar-refractivity contribution < 1.29 is 24.5 Å². The van der Waals surface area contributed by atoms with Crippen LogP contribution in [0, 0.1) is 0 Å². The first-order valence-corrected chi connectivity index (χ1v) is 10.5. The average molecular weight is 438 g/mol. The molecule has 3 aromatic rings. The lowest BCUT2D eigenvalue weighted by Crippen LogP contribution is -2.26. The number of carbonyl (C=O) groups is 2. The molecule has 8 nitrogen and oxygen atoms in total. The minimum atomic E-state index is -1.39. The molecule has 0 bridgehead atoms. The van der Waals surface area contributed by atoms with E-state index < -0.39 is 12.1 Å². The summed E-state index contributed by atoms with van der Waals surface area (Å²) in [4.78, 5) is 35.9. The van der Waals surface area contributed by atoms with Crippen LogP contribution in [-0.4, -0.2) is 31.5 Å². The fourth-order valence-corrected chi connectivity index (χ4v) is 3.82. The summed E-state index contributed by atoms with van der Waals surface area (Å²) < 4.78 is 7.75. The lowest BCUT2D eigenvalue weighted by molar-refractivity contribution is 0.0683. The number of ether oxygens (including phenoxy) is 1. The van der Waals surface area contributed by atoms with Gasteiger partial charge >= 0.3 is 17.8 Å². The molecular weight excluding hydrogens is 412 g/mol. The molecule has 0 unspecified atom stereocenters. The van der Waals surface area contributed by atoms with Gasteiger partial charge in [0.1, 0.15) is 5.75 Å². The number of imidazole rings is 1. The first kappa shape index (κ1) is 22.9. The Morgan fingerprint density at radius 1 is 0.938 bits per heavy atom. The Morgan fingerprint density at radius 2 is 1.62 bits per heavy atom. The Bertz CT molecular complexity index is 1170. The molecule has 2 aromatic carbocycles. The van der Waals surface area contributed by atoms with Crippen molar-refractivity contribution in [3.8, 4) is 16.9 Å². The summed E-state index contributed by atoms with van der Waals surface area (Å²) in [6.07, 6.45) is 0.478. The van der Waals surface area contributed by atoms with E-state index in [2.05, 4.69) is 0 Å². The molecule has 0 saturated heterocycles. The number of carboxylic acid groups (broad SMARTS) is 2. The van der Waals surface area contributed by atoms with Crippen molar-refractivity contribution in [2.75, 3.05) is 0 Å². The molecule has 32 heavy (non-hydrogen) atoms. The van der Waals surface area contributed by atoms with Gasteiger partial charge in [-0.2, -0.15) is 0 Å². The number of hydrogen-bond acceptors (Lipinski definition) is 4. The summed E-state index contributed by atoms with van der Waals surface area (Å²) in [7, 11) is 0. The second-order valence-corrected chi connectivity index (χ2v) is 7.43. The molecule has 0 amide bonds. The molecule has 8 heteroatoms. The van der Waals surface area contributed by atoms with Gasteiger partial charge in [0.15, 0.2) is 5.69 Å². The molecule has 1 heterocycles. The van der Waals surface area contributed by atoms with Crippen LogP contribution in [0.25, 0.3) is 11.1 Å². The number of carboxylic acids is 1. The van der Waals surface area contributed by atoms with Crippen molar-refractivity contribution in [3.63, 3.8) is 0 Å². The van der Waals surface area contributed by atoms with Crippen molar-refractivity contribution in [1.29, 1.82) is 0 Å². The van der Waals surface area contributed by atoms with Gasteiger partial charge in [0.05, 0.1) is 12.2 Å². The maximum absolute atomic E-state index is 13.0. The molecule has 3 rings (SSSR count). The summed E-state index contributed by atoms with van der Waals surface area (Å²) in [5, 5.41) is 18.7. The van der Waals surface area contributed by atoms with E-state index in [1.807, 2.05) is 38.1 Å². The van der Waals surface area contributed by atoms with Crippen LogP contribution in [0.3, 0.4) is 0 Å². The minimum Gasteiger partial charge on any atom is -0.477 e. The monoisotopic (exact) mass is 438 g/mol. The number of aromatic carboxylic acids is 1. The smallest absolute Gasteiger partial charge is 0.477 e. The van der Waals surface area contributed by atoms with E-state index in [0.717, 1.165) is 17.5 Å². The Hall–Kier alpha value is -3.81. The van der Waals surface area contributed by atoms with E-state index in [0.29, 0.717) is 30.6 Å². The van der Waals surface area contributed by atoms with Crippen LogP contribution in [0.2, 0.25) is 0 Å². The van der Waals surface area contributed by atoms with Crippen molar-refractivity contribution in [2.45, 2.75) is 46.2 Å². The van der Waals surface area contributed by atoms with Crippen LogP contribution in [0.4, 0.5) is 4.79 Å². The van der Waals surface area contributed by atoms with E-state index >= 15 is 0 Å². The maximum atomic E-state index is 13.0. The standard InChI is InChI=1S/C24H26N2O6/c1-3-7-19-21(22(27)28)25(14-4-2)23(29)26(19)15-16-10-12-17(13-11-16)18-8-5-6-9-20(18)32-24(30)31/h5-6,8-13H,3-4,7,14-15H2,1-2H3,(H,27,28)(H,30,31). The summed E-state index contributed by atoms with van der Waals surface area (Å²) >= 11 is 0. The highest BCUT2D eigenvalue weighted by Gasteiger charge is 2.24. The van der Waals surface area contributed by atoms with Crippen LogP contribution < -0.4 is 10.4 Å². The Morgan fingerprint density at radius 3 is 2.22 bits per heavy atom. The Labute approximate surface area is 185 Å². The predicted octanol–water partition coefficient (Wildman–Crippen LogP) is 4.48. The van der Waals surface area contributed by atoms with Gasteiger partial charge in [0.25, 0.3) is 0 Å².